The zero-order valence-electron chi connectivity index (χ0n) is 13.8. The summed E-state index contributed by atoms with van der Waals surface area (Å²) in [4.78, 5) is 11.8. The Morgan fingerprint density at radius 1 is 1.14 bits per heavy atom. The van der Waals surface area contributed by atoms with Gasteiger partial charge in [0.25, 0.3) is 0 Å². The monoisotopic (exact) mass is 296 g/mol. The highest BCUT2D eigenvalue weighted by molar-refractivity contribution is 5.94. The average Bonchev–Trinajstić information content (AvgIpc) is 2.51. The van der Waals surface area contributed by atoms with Gasteiger partial charge in [-0.15, -0.1) is 0 Å². The zero-order valence-corrected chi connectivity index (χ0v) is 13.8. The van der Waals surface area contributed by atoms with Crippen molar-refractivity contribution in [2.75, 3.05) is 0 Å². The molecule has 22 heavy (non-hydrogen) atoms. The number of allylic oxidation sites excluding steroid dienone is 1. The molecular weight excluding hydrogens is 272 g/mol. The van der Waals surface area contributed by atoms with Crippen LogP contribution in [0.1, 0.15) is 76.2 Å². The van der Waals surface area contributed by atoms with Crippen LogP contribution in [0.3, 0.4) is 0 Å². The number of carboxylic acids is 1. The molecule has 0 aliphatic heterocycles. The Kier molecular flexibility index (Phi) is 5.08. The smallest absolute Gasteiger partial charge is 0.337 e. The lowest BCUT2D eigenvalue weighted by molar-refractivity contribution is 0.0695. The van der Waals surface area contributed by atoms with Crippen molar-refractivity contribution in [1.82, 2.24) is 0 Å². The molecule has 2 rings (SSSR count). The summed E-state index contributed by atoms with van der Waals surface area (Å²) in [6.45, 7) is 9.65. The Morgan fingerprint density at radius 2 is 1.77 bits per heavy atom. The maximum atomic E-state index is 11.8. The van der Waals surface area contributed by atoms with Crippen LogP contribution in [0.2, 0.25) is 0 Å². The molecule has 0 spiro atoms. The molecule has 1 aromatic rings. The largest absolute Gasteiger partial charge is 0.478 e. The minimum Gasteiger partial charge on any atom is -0.478 e. The van der Waals surface area contributed by atoms with Crippen LogP contribution < -0.4 is 0 Å². The van der Waals surface area contributed by atoms with Gasteiger partial charge in [0.2, 0.25) is 0 Å². The Morgan fingerprint density at radius 3 is 2.32 bits per heavy atom. The van der Waals surface area contributed by atoms with Gasteiger partial charge in [0.15, 0.2) is 0 Å². The number of aromatic carboxylic acids is 1. The van der Waals surface area contributed by atoms with Crippen molar-refractivity contribution >= 4 is 5.97 Å². The highest BCUT2D eigenvalue weighted by atomic mass is 16.4. The first-order chi connectivity index (χ1) is 10.5. The molecule has 0 radical (unpaired) electrons. The number of hydrogen-bond acceptors (Lipinski definition) is 1. The van der Waals surface area contributed by atoms with Crippen LogP contribution in [0.25, 0.3) is 0 Å². The highest BCUT2D eigenvalue weighted by Crippen LogP contribution is 2.39. The molecule has 1 aliphatic rings. The molecule has 0 amide bonds. The molecule has 0 saturated heterocycles. The minimum atomic E-state index is -0.883. The normalized spacial score (nSPS) is 15.0. The van der Waals surface area contributed by atoms with Gasteiger partial charge in [-0.3, -0.25) is 0 Å². The van der Waals surface area contributed by atoms with E-state index in [9.17, 15) is 9.90 Å². The van der Waals surface area contributed by atoms with Crippen molar-refractivity contribution in [3.63, 3.8) is 0 Å². The first kappa shape index (κ1) is 16.4. The van der Waals surface area contributed by atoms with E-state index in [4.69, 9.17) is 0 Å². The predicted octanol–water partition coefficient (Wildman–Crippen LogP) is 4.90. The molecule has 1 saturated carbocycles. The summed E-state index contributed by atoms with van der Waals surface area (Å²) in [5, 5.41) is 9.69. The first-order valence-electron chi connectivity index (χ1n) is 7.98. The lowest BCUT2D eigenvalue weighted by atomic mass is 9.76. The summed E-state index contributed by atoms with van der Waals surface area (Å²) in [5.74, 6) is 5.48. The lowest BCUT2D eigenvalue weighted by Gasteiger charge is -2.27. The molecule has 116 valence electrons. The number of hydrogen-bond donors (Lipinski definition) is 1. The SMILES string of the molecule is C=CC#Cc1c(C(=O)O)c(C)c(C)c(C)c1C1CCCCC1. The molecule has 1 aromatic carbocycles. The Labute approximate surface area is 133 Å². The Hall–Kier alpha value is -2.01. The van der Waals surface area contributed by atoms with E-state index in [2.05, 4.69) is 25.3 Å². The fraction of sp³-hybridized carbons (Fsp3) is 0.450. The topological polar surface area (TPSA) is 37.3 Å². The predicted molar refractivity (Wildman–Crippen MR) is 90.5 cm³/mol. The lowest BCUT2D eigenvalue weighted by Crippen LogP contribution is -2.15. The van der Waals surface area contributed by atoms with Crippen LogP contribution in [-0.2, 0) is 0 Å². The molecule has 0 heterocycles. The van der Waals surface area contributed by atoms with Gasteiger partial charge >= 0.3 is 5.97 Å². The molecule has 0 aromatic heterocycles. The fourth-order valence-corrected chi connectivity index (χ4v) is 3.60. The van der Waals surface area contributed by atoms with Gasteiger partial charge in [-0.1, -0.05) is 37.7 Å². The fourth-order valence-electron chi connectivity index (χ4n) is 3.60. The van der Waals surface area contributed by atoms with Gasteiger partial charge in [-0.25, -0.2) is 4.79 Å². The van der Waals surface area contributed by atoms with E-state index < -0.39 is 5.97 Å². The van der Waals surface area contributed by atoms with Crippen molar-refractivity contribution in [3.05, 3.63) is 46.0 Å². The molecule has 1 aliphatic carbocycles. The number of benzene rings is 1. The van der Waals surface area contributed by atoms with E-state index in [-0.39, 0.29) is 0 Å². The molecule has 2 nitrogen and oxygen atoms in total. The van der Waals surface area contributed by atoms with E-state index >= 15 is 0 Å². The summed E-state index contributed by atoms with van der Waals surface area (Å²) >= 11 is 0. The van der Waals surface area contributed by atoms with Crippen molar-refractivity contribution in [2.24, 2.45) is 0 Å². The number of carbonyl (C=O) groups is 1. The van der Waals surface area contributed by atoms with Crippen molar-refractivity contribution in [3.8, 4) is 11.8 Å². The van der Waals surface area contributed by atoms with E-state index in [0.717, 1.165) is 29.5 Å². The second-order valence-electron chi connectivity index (χ2n) is 6.15. The standard InChI is InChI=1S/C20H24O2/c1-5-6-12-17-18(16-10-8-7-9-11-16)14(3)13(2)15(4)19(17)20(21)22/h5,16H,1,7-11H2,2-4H3,(H,21,22). The van der Waals surface area contributed by atoms with E-state index in [1.165, 1.54) is 30.9 Å². The van der Waals surface area contributed by atoms with Crippen LogP contribution in [0.15, 0.2) is 12.7 Å². The summed E-state index contributed by atoms with van der Waals surface area (Å²) in [5.41, 5.74) is 5.37. The van der Waals surface area contributed by atoms with Crippen LogP contribution in [-0.4, -0.2) is 11.1 Å². The third-order valence-electron chi connectivity index (χ3n) is 4.95. The summed E-state index contributed by atoms with van der Waals surface area (Å²) in [6, 6.07) is 0. The van der Waals surface area contributed by atoms with Gasteiger partial charge < -0.3 is 5.11 Å². The maximum Gasteiger partial charge on any atom is 0.337 e. The third-order valence-corrected chi connectivity index (χ3v) is 4.95. The molecule has 1 N–H and O–H groups in total. The van der Waals surface area contributed by atoms with Crippen molar-refractivity contribution in [2.45, 2.75) is 58.8 Å². The molecule has 0 bridgehead atoms. The second kappa shape index (κ2) is 6.83. The van der Waals surface area contributed by atoms with E-state index in [0.29, 0.717) is 17.0 Å². The first-order valence-corrected chi connectivity index (χ1v) is 7.98. The average molecular weight is 296 g/mol. The van der Waals surface area contributed by atoms with Crippen LogP contribution >= 0.6 is 0 Å². The van der Waals surface area contributed by atoms with E-state index in [1.54, 1.807) is 0 Å². The number of carboxylic acid groups (broad SMARTS) is 1. The highest BCUT2D eigenvalue weighted by Gasteiger charge is 2.26. The zero-order chi connectivity index (χ0) is 16.3. The van der Waals surface area contributed by atoms with Crippen LogP contribution in [0.5, 0.6) is 0 Å². The number of rotatable bonds is 2. The molecule has 0 atom stereocenters. The van der Waals surface area contributed by atoms with Crippen molar-refractivity contribution in [1.29, 1.82) is 0 Å². The maximum absolute atomic E-state index is 11.8. The third kappa shape index (κ3) is 2.95. The van der Waals surface area contributed by atoms with Crippen LogP contribution in [0, 0.1) is 32.6 Å². The molecule has 1 fully saturated rings. The van der Waals surface area contributed by atoms with Crippen LogP contribution in [0.4, 0.5) is 0 Å². The quantitative estimate of drug-likeness (QED) is 0.788. The Balaban J connectivity index is 2.78. The van der Waals surface area contributed by atoms with Gasteiger partial charge in [0, 0.05) is 5.56 Å². The van der Waals surface area contributed by atoms with Gasteiger partial charge in [0.05, 0.1) is 5.56 Å². The molecule has 0 unspecified atom stereocenters. The molecule has 2 heteroatoms. The Bertz CT molecular complexity index is 665. The summed E-state index contributed by atoms with van der Waals surface area (Å²) in [6.07, 6.45) is 7.50. The second-order valence-corrected chi connectivity index (χ2v) is 6.15. The summed E-state index contributed by atoms with van der Waals surface area (Å²) in [7, 11) is 0. The minimum absolute atomic E-state index is 0.373. The molecular formula is C20H24O2. The van der Waals surface area contributed by atoms with Gasteiger partial charge in [0.1, 0.15) is 0 Å². The van der Waals surface area contributed by atoms with Crippen molar-refractivity contribution < 1.29 is 9.90 Å². The van der Waals surface area contributed by atoms with Gasteiger partial charge in [-0.2, -0.15) is 0 Å². The summed E-state index contributed by atoms with van der Waals surface area (Å²) < 4.78 is 0. The van der Waals surface area contributed by atoms with Gasteiger partial charge in [-0.05, 0) is 67.9 Å². The van der Waals surface area contributed by atoms with E-state index in [1.807, 2.05) is 13.8 Å².